The van der Waals surface area contributed by atoms with Crippen LogP contribution in [0.5, 0.6) is 5.75 Å². The fourth-order valence-corrected chi connectivity index (χ4v) is 3.96. The summed E-state index contributed by atoms with van der Waals surface area (Å²) >= 11 is 0. The van der Waals surface area contributed by atoms with Gasteiger partial charge in [-0.05, 0) is 85.3 Å². The van der Waals surface area contributed by atoms with Crippen molar-refractivity contribution < 1.29 is 9.13 Å². The topological polar surface area (TPSA) is 9.23 Å². The van der Waals surface area contributed by atoms with Crippen LogP contribution in [0.15, 0.2) is 42.5 Å². The van der Waals surface area contributed by atoms with Gasteiger partial charge < -0.3 is 4.74 Å². The van der Waals surface area contributed by atoms with Crippen molar-refractivity contribution in [3.05, 3.63) is 53.6 Å². The number of ether oxygens (including phenoxy) is 1. The van der Waals surface area contributed by atoms with Crippen LogP contribution in [0, 0.1) is 12.8 Å². The monoisotopic (exact) mass is 326 g/mol. The second-order valence-corrected chi connectivity index (χ2v) is 7.00. The van der Waals surface area contributed by atoms with Crippen LogP contribution < -0.4 is 4.74 Å². The van der Waals surface area contributed by atoms with E-state index in [0.717, 1.165) is 12.2 Å². The second-order valence-electron chi connectivity index (χ2n) is 7.00. The number of rotatable bonds is 5. The highest BCUT2D eigenvalue weighted by Gasteiger charge is 2.22. The molecule has 0 aromatic heterocycles. The first kappa shape index (κ1) is 17.0. The Balaban J connectivity index is 1.70. The predicted molar refractivity (Wildman–Crippen MR) is 98.5 cm³/mol. The average Bonchev–Trinajstić information content (AvgIpc) is 2.63. The number of hydrogen-bond acceptors (Lipinski definition) is 1. The number of hydrogen-bond donors (Lipinski definition) is 0. The Bertz CT molecular complexity index is 654. The molecule has 1 aliphatic rings. The van der Waals surface area contributed by atoms with E-state index in [4.69, 9.17) is 4.74 Å². The molecule has 2 aromatic rings. The van der Waals surface area contributed by atoms with Gasteiger partial charge in [-0.2, -0.15) is 0 Å². The molecule has 3 rings (SSSR count). The maximum absolute atomic E-state index is 12.5. The summed E-state index contributed by atoms with van der Waals surface area (Å²) in [5.74, 6) is 2.15. The zero-order chi connectivity index (χ0) is 16.9. The van der Waals surface area contributed by atoms with Gasteiger partial charge in [0, 0.05) is 0 Å². The van der Waals surface area contributed by atoms with Crippen LogP contribution in [0.2, 0.25) is 0 Å². The molecule has 1 nitrogen and oxygen atoms in total. The highest BCUT2D eigenvalue weighted by Crippen LogP contribution is 2.38. The van der Waals surface area contributed by atoms with Gasteiger partial charge in [0.05, 0.1) is 13.8 Å². The molecule has 0 aliphatic heterocycles. The quantitative estimate of drug-likeness (QED) is 0.626. The standard InChI is InChI=1S/C22H27FO/c1-16-15-21(24-2)11-12-22(16)20-9-7-19(8-10-20)18-5-3-17(4-6-18)13-14-23/h7-12,15,17-18H,3-6,13-14H2,1-2H3. The van der Waals surface area contributed by atoms with E-state index in [-0.39, 0.29) is 6.67 Å². The maximum Gasteiger partial charge on any atom is 0.119 e. The van der Waals surface area contributed by atoms with Crippen molar-refractivity contribution >= 4 is 0 Å². The van der Waals surface area contributed by atoms with Gasteiger partial charge in [-0.1, -0.05) is 30.3 Å². The smallest absolute Gasteiger partial charge is 0.119 e. The summed E-state index contributed by atoms with van der Waals surface area (Å²) in [5.41, 5.74) is 5.18. The molecule has 0 amide bonds. The van der Waals surface area contributed by atoms with Gasteiger partial charge in [0.1, 0.15) is 5.75 Å². The molecule has 1 saturated carbocycles. The predicted octanol–water partition coefficient (Wildman–Crippen LogP) is 6.30. The Labute approximate surface area is 144 Å². The van der Waals surface area contributed by atoms with E-state index in [2.05, 4.69) is 43.3 Å². The highest BCUT2D eigenvalue weighted by atomic mass is 19.1. The first-order valence-corrected chi connectivity index (χ1v) is 9.02. The zero-order valence-electron chi connectivity index (χ0n) is 14.7. The molecular weight excluding hydrogens is 299 g/mol. The third kappa shape index (κ3) is 3.80. The molecule has 0 unspecified atom stereocenters. The van der Waals surface area contributed by atoms with Crippen molar-refractivity contribution in [2.24, 2.45) is 5.92 Å². The Morgan fingerprint density at radius 3 is 2.29 bits per heavy atom. The summed E-state index contributed by atoms with van der Waals surface area (Å²) in [4.78, 5) is 0. The SMILES string of the molecule is COc1ccc(-c2ccc(C3CCC(CCF)CC3)cc2)c(C)c1. The molecule has 1 aliphatic carbocycles. The Hall–Kier alpha value is -1.83. The summed E-state index contributed by atoms with van der Waals surface area (Å²) in [6.07, 6.45) is 5.50. The summed E-state index contributed by atoms with van der Waals surface area (Å²) < 4.78 is 17.8. The number of benzene rings is 2. The van der Waals surface area contributed by atoms with Gasteiger partial charge in [0.25, 0.3) is 0 Å². The lowest BCUT2D eigenvalue weighted by atomic mass is 9.77. The molecule has 0 heterocycles. The van der Waals surface area contributed by atoms with Crippen molar-refractivity contribution in [1.82, 2.24) is 0 Å². The molecule has 2 aromatic carbocycles. The van der Waals surface area contributed by atoms with E-state index in [0.29, 0.717) is 11.8 Å². The summed E-state index contributed by atoms with van der Waals surface area (Å²) in [6.45, 7) is 1.96. The van der Waals surface area contributed by atoms with Gasteiger partial charge in [-0.25, -0.2) is 0 Å². The first-order chi connectivity index (χ1) is 11.7. The maximum atomic E-state index is 12.5. The molecule has 1 fully saturated rings. The molecular formula is C22H27FO. The van der Waals surface area contributed by atoms with Crippen LogP contribution in [0.3, 0.4) is 0 Å². The van der Waals surface area contributed by atoms with Gasteiger partial charge in [0.2, 0.25) is 0 Å². The second kappa shape index (κ2) is 7.83. The molecule has 0 saturated heterocycles. The normalized spacial score (nSPS) is 20.8. The van der Waals surface area contributed by atoms with Crippen molar-refractivity contribution in [2.45, 2.75) is 44.9 Å². The van der Waals surface area contributed by atoms with E-state index < -0.39 is 0 Å². The zero-order valence-corrected chi connectivity index (χ0v) is 14.7. The number of alkyl halides is 1. The van der Waals surface area contributed by atoms with Gasteiger partial charge in [-0.15, -0.1) is 0 Å². The Morgan fingerprint density at radius 2 is 1.71 bits per heavy atom. The summed E-state index contributed by atoms with van der Waals surface area (Å²) in [7, 11) is 1.70. The molecule has 24 heavy (non-hydrogen) atoms. The van der Waals surface area contributed by atoms with Crippen molar-refractivity contribution in [3.63, 3.8) is 0 Å². The van der Waals surface area contributed by atoms with Crippen LogP contribution in [-0.2, 0) is 0 Å². The third-order valence-corrected chi connectivity index (χ3v) is 5.49. The summed E-state index contributed by atoms with van der Waals surface area (Å²) in [5, 5.41) is 0. The van der Waals surface area contributed by atoms with E-state index in [9.17, 15) is 4.39 Å². The van der Waals surface area contributed by atoms with Gasteiger partial charge >= 0.3 is 0 Å². The van der Waals surface area contributed by atoms with Gasteiger partial charge in [-0.3, -0.25) is 4.39 Å². The molecule has 128 valence electrons. The molecule has 0 radical (unpaired) electrons. The number of methoxy groups -OCH3 is 1. The van der Waals surface area contributed by atoms with E-state index in [1.54, 1.807) is 7.11 Å². The largest absolute Gasteiger partial charge is 0.497 e. The minimum absolute atomic E-state index is 0.161. The summed E-state index contributed by atoms with van der Waals surface area (Å²) in [6, 6.07) is 15.2. The van der Waals surface area contributed by atoms with Crippen molar-refractivity contribution in [2.75, 3.05) is 13.8 Å². The minimum Gasteiger partial charge on any atom is -0.497 e. The third-order valence-electron chi connectivity index (χ3n) is 5.49. The number of halogens is 1. The van der Waals surface area contributed by atoms with Crippen LogP contribution >= 0.6 is 0 Å². The van der Waals surface area contributed by atoms with Crippen LogP contribution in [0.4, 0.5) is 4.39 Å². The molecule has 0 spiro atoms. The van der Waals surface area contributed by atoms with Crippen molar-refractivity contribution in [1.29, 1.82) is 0 Å². The molecule has 2 heteroatoms. The average molecular weight is 326 g/mol. The fraction of sp³-hybridized carbons (Fsp3) is 0.455. The lowest BCUT2D eigenvalue weighted by Crippen LogP contribution is -2.13. The Morgan fingerprint density at radius 1 is 1.00 bits per heavy atom. The van der Waals surface area contributed by atoms with E-state index in [1.807, 2.05) is 6.07 Å². The minimum atomic E-state index is -0.161. The van der Waals surface area contributed by atoms with Crippen LogP contribution in [0.1, 0.15) is 49.1 Å². The number of aryl methyl sites for hydroxylation is 1. The Kier molecular flexibility index (Phi) is 5.55. The van der Waals surface area contributed by atoms with Crippen LogP contribution in [-0.4, -0.2) is 13.8 Å². The molecule has 0 atom stereocenters. The lowest BCUT2D eigenvalue weighted by molar-refractivity contribution is 0.283. The van der Waals surface area contributed by atoms with E-state index in [1.165, 1.54) is 47.9 Å². The van der Waals surface area contributed by atoms with Crippen LogP contribution in [0.25, 0.3) is 11.1 Å². The molecule has 0 bridgehead atoms. The van der Waals surface area contributed by atoms with Gasteiger partial charge in [0.15, 0.2) is 0 Å². The van der Waals surface area contributed by atoms with Crippen molar-refractivity contribution in [3.8, 4) is 16.9 Å². The van der Waals surface area contributed by atoms with E-state index >= 15 is 0 Å². The fourth-order valence-electron chi connectivity index (χ4n) is 3.96. The first-order valence-electron chi connectivity index (χ1n) is 9.02. The lowest BCUT2D eigenvalue weighted by Gasteiger charge is -2.28. The highest BCUT2D eigenvalue weighted by molar-refractivity contribution is 5.68. The molecule has 0 N–H and O–H groups in total.